The van der Waals surface area contributed by atoms with Crippen LogP contribution in [0, 0.1) is 0 Å². The molecule has 5 heteroatoms. The molecule has 0 aliphatic rings. The molecule has 0 aromatic heterocycles. The Hall–Kier alpha value is 0.379. The normalized spacial score (nSPS) is 8.80. The number of halogens is 4. The van der Waals surface area contributed by atoms with E-state index < -0.39 is 0 Å². The van der Waals surface area contributed by atoms with Gasteiger partial charge in [0.05, 0.1) is 0 Å². The zero-order chi connectivity index (χ0) is 10.6. The molecule has 2 aromatic carbocycles. The molecule has 0 atom stereocenters. The zero-order valence-corrected chi connectivity index (χ0v) is 11.5. The van der Waals surface area contributed by atoms with Crippen molar-refractivity contribution in [1.29, 1.82) is 0 Å². The molecule has 0 N–H and O–H groups in total. The van der Waals surface area contributed by atoms with Crippen molar-refractivity contribution in [1.82, 2.24) is 0 Å². The van der Waals surface area contributed by atoms with Crippen molar-refractivity contribution in [3.63, 3.8) is 0 Å². The predicted molar refractivity (Wildman–Crippen MR) is 64.1 cm³/mol. The van der Waals surface area contributed by atoms with Gasteiger partial charge in [-0.15, -0.1) is 23.2 Å². The molecule has 0 nitrogen and oxygen atoms in total. The molecule has 0 heterocycles. The summed E-state index contributed by atoms with van der Waals surface area (Å²) in [6.07, 6.45) is 0. The summed E-state index contributed by atoms with van der Waals surface area (Å²) in [6, 6.07) is 11.5. The third-order valence-electron chi connectivity index (χ3n) is 1.42. The summed E-state index contributed by atoms with van der Waals surface area (Å²) < 4.78 is 0. The van der Waals surface area contributed by atoms with Crippen LogP contribution in [0.3, 0.4) is 0 Å². The van der Waals surface area contributed by atoms with Crippen molar-refractivity contribution in [2.24, 2.45) is 0 Å². The minimum atomic E-state index is 0. The fourth-order valence-corrected chi connectivity index (χ4v) is 1.64. The van der Waals surface area contributed by atoms with Gasteiger partial charge in [-0.1, -0.05) is 10.0 Å². The first-order valence-corrected chi connectivity index (χ1v) is 5.26. The van der Waals surface area contributed by atoms with E-state index in [0.29, 0.717) is 20.1 Å². The van der Waals surface area contributed by atoms with Crippen molar-refractivity contribution >= 4 is 46.4 Å². The van der Waals surface area contributed by atoms with Gasteiger partial charge in [-0.25, -0.2) is 12.1 Å². The van der Waals surface area contributed by atoms with Gasteiger partial charge in [-0.2, -0.15) is 47.5 Å². The molecule has 0 aliphatic carbocycles. The summed E-state index contributed by atoms with van der Waals surface area (Å²) >= 11 is 22.2. The Morgan fingerprint density at radius 3 is 1.73 bits per heavy atom. The first kappa shape index (κ1) is 15.4. The average Bonchev–Trinajstić information content (AvgIpc) is 2.78. The summed E-state index contributed by atoms with van der Waals surface area (Å²) in [6.45, 7) is 0. The fraction of sp³-hybridized carbons (Fsp3) is 0. The molecule has 0 radical (unpaired) electrons. The molecule has 0 spiro atoms. The molecular formula is C10H6Cl4Fe-2. The van der Waals surface area contributed by atoms with Gasteiger partial charge in [0.15, 0.2) is 0 Å². The minimum Gasteiger partial charge on any atom is -0.214 e. The fourth-order valence-electron chi connectivity index (χ4n) is 0.768. The summed E-state index contributed by atoms with van der Waals surface area (Å²) in [7, 11) is 0. The van der Waals surface area contributed by atoms with Crippen molar-refractivity contribution in [2.45, 2.75) is 0 Å². The molecule has 0 bridgehead atoms. The second-order valence-electron chi connectivity index (χ2n) is 2.43. The largest absolute Gasteiger partial charge is 0.214 e. The molecule has 0 aliphatic heterocycles. The maximum Gasteiger partial charge on any atom is 0 e. The van der Waals surface area contributed by atoms with Crippen LogP contribution in [-0.2, 0) is 17.1 Å². The first-order chi connectivity index (χ1) is 6.63. The summed E-state index contributed by atoms with van der Waals surface area (Å²) in [5.74, 6) is 0. The summed E-state index contributed by atoms with van der Waals surface area (Å²) in [5, 5.41) is 1.44. The summed E-state index contributed by atoms with van der Waals surface area (Å²) in [5.41, 5.74) is 0. The van der Waals surface area contributed by atoms with Crippen molar-refractivity contribution in [3.05, 3.63) is 56.5 Å². The van der Waals surface area contributed by atoms with Crippen LogP contribution in [0.1, 0.15) is 0 Å². The van der Waals surface area contributed by atoms with Gasteiger partial charge in [-0.05, 0) is 10.0 Å². The van der Waals surface area contributed by atoms with Crippen LogP contribution >= 0.6 is 46.4 Å². The van der Waals surface area contributed by atoms with Gasteiger partial charge in [0.25, 0.3) is 0 Å². The monoisotopic (exact) mass is 322 g/mol. The molecule has 2 rings (SSSR count). The Bertz CT molecular complexity index is 339. The van der Waals surface area contributed by atoms with E-state index in [1.165, 1.54) is 6.07 Å². The quantitative estimate of drug-likeness (QED) is 0.448. The first-order valence-electron chi connectivity index (χ1n) is 3.75. The Kier molecular flexibility index (Phi) is 7.81. The van der Waals surface area contributed by atoms with Crippen molar-refractivity contribution < 1.29 is 17.1 Å². The Morgan fingerprint density at radius 1 is 1.07 bits per heavy atom. The molecule has 0 amide bonds. The van der Waals surface area contributed by atoms with Crippen LogP contribution in [0.25, 0.3) is 0 Å². The Balaban J connectivity index is 0.000000280. The van der Waals surface area contributed by atoms with E-state index in [1.54, 1.807) is 0 Å². The maximum atomic E-state index is 5.55. The molecule has 84 valence electrons. The van der Waals surface area contributed by atoms with Crippen molar-refractivity contribution in [2.75, 3.05) is 0 Å². The Morgan fingerprint density at radius 2 is 1.60 bits per heavy atom. The van der Waals surface area contributed by atoms with E-state index in [4.69, 9.17) is 46.4 Å². The van der Waals surface area contributed by atoms with Crippen LogP contribution in [0.4, 0.5) is 0 Å². The standard InChI is InChI=1S/C5HCl4.C5H5.Fe/c6-2-1-3(7)5(9)4(2)8;1-2-4-5-3-1;/h1H;1-5H;/q2*-1;. The molecule has 0 unspecified atom stereocenters. The van der Waals surface area contributed by atoms with Crippen LogP contribution in [0.2, 0.25) is 20.1 Å². The van der Waals surface area contributed by atoms with Gasteiger partial charge in [-0.3, -0.25) is 0 Å². The maximum absolute atomic E-state index is 5.55. The molecule has 2 aromatic rings. The smallest absolute Gasteiger partial charge is 0 e. The van der Waals surface area contributed by atoms with Crippen LogP contribution in [0.5, 0.6) is 0 Å². The number of hydrogen-bond donors (Lipinski definition) is 0. The number of hydrogen-bond acceptors (Lipinski definition) is 0. The second kappa shape index (κ2) is 7.62. The summed E-state index contributed by atoms with van der Waals surface area (Å²) in [4.78, 5) is 0. The van der Waals surface area contributed by atoms with Crippen LogP contribution < -0.4 is 0 Å². The van der Waals surface area contributed by atoms with Gasteiger partial charge in [0.1, 0.15) is 0 Å². The third kappa shape index (κ3) is 4.82. The SMILES string of the molecule is Clc1cc(Cl)[c-](Cl)c1Cl.[Fe].c1cc[cH-]c1. The molecule has 0 fully saturated rings. The van der Waals surface area contributed by atoms with E-state index in [-0.39, 0.29) is 17.1 Å². The molecule has 0 saturated heterocycles. The van der Waals surface area contributed by atoms with Gasteiger partial charge >= 0.3 is 0 Å². The van der Waals surface area contributed by atoms with E-state index in [1.807, 2.05) is 30.3 Å². The Labute approximate surface area is 119 Å². The van der Waals surface area contributed by atoms with Gasteiger partial charge in [0.2, 0.25) is 0 Å². The van der Waals surface area contributed by atoms with E-state index in [0.717, 1.165) is 0 Å². The molecular weight excluding hydrogens is 318 g/mol. The van der Waals surface area contributed by atoms with Crippen LogP contribution in [-0.4, -0.2) is 0 Å². The van der Waals surface area contributed by atoms with Gasteiger partial charge < -0.3 is 0 Å². The van der Waals surface area contributed by atoms with E-state index >= 15 is 0 Å². The molecule has 15 heavy (non-hydrogen) atoms. The second-order valence-corrected chi connectivity index (χ2v) is 4.00. The number of rotatable bonds is 0. The zero-order valence-electron chi connectivity index (χ0n) is 7.33. The van der Waals surface area contributed by atoms with Gasteiger partial charge in [0, 0.05) is 17.1 Å². The predicted octanol–water partition coefficient (Wildman–Crippen LogP) is 5.42. The van der Waals surface area contributed by atoms with Crippen molar-refractivity contribution in [3.8, 4) is 0 Å². The minimum absolute atomic E-state index is 0. The van der Waals surface area contributed by atoms with E-state index in [2.05, 4.69) is 0 Å². The average molecular weight is 324 g/mol. The van der Waals surface area contributed by atoms with Crippen LogP contribution in [0.15, 0.2) is 36.4 Å². The third-order valence-corrected chi connectivity index (χ3v) is 3.09. The van der Waals surface area contributed by atoms with E-state index in [9.17, 15) is 0 Å². The topological polar surface area (TPSA) is 0 Å². The molecule has 0 saturated carbocycles.